The fourth-order valence-electron chi connectivity index (χ4n) is 3.27. The first-order chi connectivity index (χ1) is 14.9. The van der Waals surface area contributed by atoms with E-state index in [4.69, 9.17) is 14.4 Å². The molecule has 4 rings (SSSR count). The second-order valence-corrected chi connectivity index (χ2v) is 7.38. The largest absolute Gasteiger partial charge is 0.481 e. The number of ether oxygens (including phenoxy) is 1. The Bertz CT molecular complexity index is 1230. The van der Waals surface area contributed by atoms with E-state index in [0.717, 1.165) is 16.5 Å². The van der Waals surface area contributed by atoms with Crippen LogP contribution in [0.25, 0.3) is 27.9 Å². The predicted octanol–water partition coefficient (Wildman–Crippen LogP) is 3.27. The second kappa shape index (κ2) is 8.39. The van der Waals surface area contributed by atoms with E-state index in [-0.39, 0.29) is 12.5 Å². The van der Waals surface area contributed by atoms with Gasteiger partial charge in [-0.05, 0) is 32.0 Å². The van der Waals surface area contributed by atoms with E-state index < -0.39 is 11.9 Å². The van der Waals surface area contributed by atoms with Crippen LogP contribution in [-0.2, 0) is 16.1 Å². The van der Waals surface area contributed by atoms with Crippen molar-refractivity contribution >= 4 is 28.3 Å². The van der Waals surface area contributed by atoms with E-state index in [9.17, 15) is 10.1 Å². The lowest BCUT2D eigenvalue weighted by atomic mass is 9.98. The van der Waals surface area contributed by atoms with E-state index in [1.54, 1.807) is 17.1 Å². The first kappa shape index (κ1) is 20.3. The van der Waals surface area contributed by atoms with Crippen molar-refractivity contribution in [3.8, 4) is 17.5 Å². The van der Waals surface area contributed by atoms with Crippen molar-refractivity contribution in [2.75, 3.05) is 0 Å². The molecule has 1 unspecified atom stereocenters. The molecule has 10 nitrogen and oxygen atoms in total. The lowest BCUT2D eigenvalue weighted by Gasteiger charge is -2.19. The highest BCUT2D eigenvalue weighted by atomic mass is 16.5. The van der Waals surface area contributed by atoms with Crippen molar-refractivity contribution in [2.45, 2.75) is 39.3 Å². The monoisotopic (exact) mass is 420 g/mol. The van der Waals surface area contributed by atoms with Crippen LogP contribution >= 0.6 is 0 Å². The summed E-state index contributed by atoms with van der Waals surface area (Å²) in [5.41, 5.74) is 2.23. The summed E-state index contributed by atoms with van der Waals surface area (Å²) in [6, 6.07) is 7.75. The highest BCUT2D eigenvalue weighted by Gasteiger charge is 2.26. The van der Waals surface area contributed by atoms with Gasteiger partial charge in [-0.2, -0.15) is 15.3 Å². The van der Waals surface area contributed by atoms with Crippen molar-refractivity contribution in [1.82, 2.24) is 19.9 Å². The minimum absolute atomic E-state index is 0.00204. The van der Waals surface area contributed by atoms with Gasteiger partial charge in [-0.3, -0.25) is 9.48 Å². The molecule has 1 aliphatic heterocycles. The molecule has 0 fully saturated rings. The summed E-state index contributed by atoms with van der Waals surface area (Å²) in [5, 5.41) is 27.5. The molecule has 1 atom stereocenters. The maximum Gasteiger partial charge on any atom is 0.305 e. The molecule has 0 amide bonds. The number of carboxylic acids is 1. The number of nitrogens with zero attached hydrogens (tertiary/aromatic N) is 6. The van der Waals surface area contributed by atoms with Gasteiger partial charge in [0.15, 0.2) is 0 Å². The van der Waals surface area contributed by atoms with Gasteiger partial charge in [0.1, 0.15) is 5.92 Å². The summed E-state index contributed by atoms with van der Waals surface area (Å²) in [6.45, 7) is 4.06. The third-order valence-electron chi connectivity index (χ3n) is 4.72. The minimum Gasteiger partial charge on any atom is -0.481 e. The van der Waals surface area contributed by atoms with E-state index in [2.05, 4.69) is 26.3 Å². The fraction of sp³-hybridized carbons (Fsp3) is 0.333. The normalized spacial score (nSPS) is 16.1. The predicted molar refractivity (Wildman–Crippen MR) is 111 cm³/mol. The van der Waals surface area contributed by atoms with E-state index in [1.807, 2.05) is 32.0 Å². The van der Waals surface area contributed by atoms with Gasteiger partial charge in [0.05, 0.1) is 36.9 Å². The summed E-state index contributed by atoms with van der Waals surface area (Å²) < 4.78 is 12.7. The van der Waals surface area contributed by atoms with Crippen LogP contribution in [0.3, 0.4) is 0 Å². The SMILES string of the molecule is CC(C)OC1=NC=C(c2nc(-c3ccc4c(cnn4CCC(=O)O)c3)no2)CC1C#N. The number of carbonyl (C=O) groups is 1. The zero-order valence-electron chi connectivity index (χ0n) is 17.0. The third kappa shape index (κ3) is 4.30. The van der Waals surface area contributed by atoms with Gasteiger partial charge in [0.25, 0.3) is 5.89 Å². The Hall–Kier alpha value is -4.00. The Balaban J connectivity index is 1.57. The van der Waals surface area contributed by atoms with Crippen molar-refractivity contribution in [2.24, 2.45) is 10.9 Å². The number of fused-ring (bicyclic) bond motifs is 1. The fourth-order valence-corrected chi connectivity index (χ4v) is 3.27. The summed E-state index contributed by atoms with van der Waals surface area (Å²) in [5.74, 6) is -0.280. The van der Waals surface area contributed by atoms with Crippen LogP contribution in [0.15, 0.2) is 40.1 Å². The van der Waals surface area contributed by atoms with Crippen LogP contribution < -0.4 is 0 Å². The molecule has 0 radical (unpaired) electrons. The first-order valence-corrected chi connectivity index (χ1v) is 9.79. The van der Waals surface area contributed by atoms with Gasteiger partial charge in [-0.1, -0.05) is 5.16 Å². The number of carboxylic acid groups (broad SMARTS) is 1. The standard InChI is InChI=1S/C21H20N6O4/c1-12(2)30-20-14(9-22)8-16(10-23-20)21-25-19(26-31-21)13-3-4-17-15(7-13)11-24-27(17)6-5-18(28)29/h3-4,7,10-12,14H,5-6,8H2,1-2H3,(H,28,29). The van der Waals surface area contributed by atoms with Crippen molar-refractivity contribution in [3.63, 3.8) is 0 Å². The average molecular weight is 420 g/mol. The van der Waals surface area contributed by atoms with Gasteiger partial charge in [0, 0.05) is 29.1 Å². The molecule has 3 heterocycles. The molecule has 0 spiro atoms. The minimum atomic E-state index is -0.873. The van der Waals surface area contributed by atoms with Crippen LogP contribution in [0.1, 0.15) is 32.6 Å². The zero-order chi connectivity index (χ0) is 22.0. The van der Waals surface area contributed by atoms with Crippen LogP contribution in [0.2, 0.25) is 0 Å². The lowest BCUT2D eigenvalue weighted by Crippen LogP contribution is -2.22. The Morgan fingerprint density at radius 3 is 3.03 bits per heavy atom. The number of aromatic nitrogens is 4. The summed E-state index contributed by atoms with van der Waals surface area (Å²) in [4.78, 5) is 19.5. The Labute approximate surface area is 177 Å². The Morgan fingerprint density at radius 2 is 2.29 bits per heavy atom. The number of hydrogen-bond acceptors (Lipinski definition) is 8. The number of nitriles is 1. The topological polar surface area (TPSA) is 139 Å². The molecule has 2 aromatic heterocycles. The number of allylic oxidation sites excluding steroid dienone is 1. The maximum absolute atomic E-state index is 10.8. The summed E-state index contributed by atoms with van der Waals surface area (Å²) >= 11 is 0. The van der Waals surface area contributed by atoms with Crippen LogP contribution in [-0.4, -0.2) is 43.0 Å². The van der Waals surface area contributed by atoms with E-state index in [1.165, 1.54) is 0 Å². The number of rotatable bonds is 6. The maximum atomic E-state index is 10.8. The molecule has 10 heteroatoms. The number of hydrogen-bond donors (Lipinski definition) is 1. The number of aryl methyl sites for hydroxylation is 1. The molecular formula is C21H20N6O4. The van der Waals surface area contributed by atoms with E-state index >= 15 is 0 Å². The molecule has 0 aliphatic carbocycles. The molecule has 31 heavy (non-hydrogen) atoms. The van der Waals surface area contributed by atoms with E-state index in [0.29, 0.717) is 36.2 Å². The van der Waals surface area contributed by atoms with Gasteiger partial charge < -0.3 is 14.4 Å². The van der Waals surface area contributed by atoms with Crippen LogP contribution in [0, 0.1) is 17.2 Å². The number of aliphatic imine (C=N–C) groups is 1. The van der Waals surface area contributed by atoms with Crippen molar-refractivity contribution in [1.29, 1.82) is 5.26 Å². The molecule has 3 aromatic rings. The van der Waals surface area contributed by atoms with Crippen LogP contribution in [0.5, 0.6) is 0 Å². The number of aliphatic carboxylic acids is 1. The Kier molecular flexibility index (Phi) is 5.49. The van der Waals surface area contributed by atoms with Gasteiger partial charge in [-0.25, -0.2) is 4.99 Å². The highest BCUT2D eigenvalue weighted by molar-refractivity contribution is 5.87. The van der Waals surface area contributed by atoms with Gasteiger partial charge in [-0.15, -0.1) is 0 Å². The molecular weight excluding hydrogens is 400 g/mol. The zero-order valence-corrected chi connectivity index (χ0v) is 17.0. The average Bonchev–Trinajstić information content (AvgIpc) is 3.39. The third-order valence-corrected chi connectivity index (χ3v) is 4.72. The lowest BCUT2D eigenvalue weighted by molar-refractivity contribution is -0.137. The molecule has 0 saturated heterocycles. The molecule has 1 aromatic carbocycles. The van der Waals surface area contributed by atoms with Crippen molar-refractivity contribution < 1.29 is 19.2 Å². The number of benzene rings is 1. The van der Waals surface area contributed by atoms with Gasteiger partial charge >= 0.3 is 5.97 Å². The smallest absolute Gasteiger partial charge is 0.305 e. The molecule has 1 N–H and O–H groups in total. The second-order valence-electron chi connectivity index (χ2n) is 7.38. The first-order valence-electron chi connectivity index (χ1n) is 9.79. The van der Waals surface area contributed by atoms with Gasteiger partial charge in [0.2, 0.25) is 11.7 Å². The summed E-state index contributed by atoms with van der Waals surface area (Å²) in [6.07, 6.45) is 3.58. The molecule has 1 aliphatic rings. The molecule has 0 saturated carbocycles. The highest BCUT2D eigenvalue weighted by Crippen LogP contribution is 2.29. The summed E-state index contributed by atoms with van der Waals surface area (Å²) in [7, 11) is 0. The molecule has 158 valence electrons. The van der Waals surface area contributed by atoms with Crippen LogP contribution in [0.4, 0.5) is 0 Å². The quantitative estimate of drug-likeness (QED) is 0.641. The van der Waals surface area contributed by atoms with Crippen molar-refractivity contribution in [3.05, 3.63) is 36.5 Å². The Morgan fingerprint density at radius 1 is 1.45 bits per heavy atom. The molecule has 0 bridgehead atoms.